The first kappa shape index (κ1) is 18.7. The summed E-state index contributed by atoms with van der Waals surface area (Å²) in [7, 11) is 0. The summed E-state index contributed by atoms with van der Waals surface area (Å²) in [5.41, 5.74) is 9.54. The lowest BCUT2D eigenvalue weighted by Crippen LogP contribution is -2.49. The average Bonchev–Trinajstić information content (AvgIpc) is 2.75. The Labute approximate surface area is 168 Å². The summed E-state index contributed by atoms with van der Waals surface area (Å²) >= 11 is 6.48. The Balaban J connectivity index is 1.61. The van der Waals surface area contributed by atoms with Crippen LogP contribution in [-0.2, 0) is 6.42 Å². The van der Waals surface area contributed by atoms with E-state index in [-0.39, 0.29) is 5.91 Å². The summed E-state index contributed by atoms with van der Waals surface area (Å²) in [6.45, 7) is 3.30. The van der Waals surface area contributed by atoms with E-state index in [0.717, 1.165) is 41.7 Å². The molecular formula is C21H22ClN5O. The second-order valence-electron chi connectivity index (χ2n) is 6.83. The summed E-state index contributed by atoms with van der Waals surface area (Å²) < 4.78 is 0. The lowest BCUT2D eigenvalue weighted by atomic mass is 10.0. The molecule has 4 rings (SSSR count). The van der Waals surface area contributed by atoms with E-state index < -0.39 is 0 Å². The van der Waals surface area contributed by atoms with Gasteiger partial charge in [-0.05, 0) is 48.9 Å². The highest BCUT2D eigenvalue weighted by Crippen LogP contribution is 2.35. The fraction of sp³-hybridized carbons (Fsp3) is 0.286. The molecule has 0 atom stereocenters. The summed E-state index contributed by atoms with van der Waals surface area (Å²) in [4.78, 5) is 25.5. The van der Waals surface area contributed by atoms with Crippen LogP contribution in [0.3, 0.4) is 0 Å². The second kappa shape index (κ2) is 8.12. The van der Waals surface area contributed by atoms with E-state index in [1.165, 1.54) is 0 Å². The van der Waals surface area contributed by atoms with E-state index in [9.17, 15) is 4.79 Å². The zero-order valence-corrected chi connectivity index (χ0v) is 16.3. The van der Waals surface area contributed by atoms with E-state index in [4.69, 9.17) is 17.3 Å². The molecule has 6 nitrogen and oxygen atoms in total. The Kier molecular flexibility index (Phi) is 5.41. The molecule has 28 heavy (non-hydrogen) atoms. The van der Waals surface area contributed by atoms with Crippen molar-refractivity contribution in [2.24, 2.45) is 5.73 Å². The van der Waals surface area contributed by atoms with Crippen molar-refractivity contribution in [3.05, 3.63) is 65.1 Å². The van der Waals surface area contributed by atoms with Crippen molar-refractivity contribution in [1.29, 1.82) is 0 Å². The van der Waals surface area contributed by atoms with Crippen LogP contribution >= 0.6 is 11.6 Å². The number of aromatic nitrogens is 2. The highest BCUT2D eigenvalue weighted by molar-refractivity contribution is 6.36. The minimum atomic E-state index is 0.0222. The number of halogens is 1. The van der Waals surface area contributed by atoms with Gasteiger partial charge in [0.2, 0.25) is 0 Å². The van der Waals surface area contributed by atoms with Crippen molar-refractivity contribution in [3.63, 3.8) is 0 Å². The third-order valence-corrected chi connectivity index (χ3v) is 5.41. The number of carbonyl (C=O) groups is 1. The molecule has 7 heteroatoms. The number of fused-ring (bicyclic) bond motifs is 1. The van der Waals surface area contributed by atoms with E-state index in [1.807, 2.05) is 23.1 Å². The van der Waals surface area contributed by atoms with Crippen LogP contribution in [0.2, 0.25) is 5.02 Å². The van der Waals surface area contributed by atoms with Crippen LogP contribution in [-0.4, -0.2) is 53.5 Å². The summed E-state index contributed by atoms with van der Waals surface area (Å²) in [5, 5.41) is 1.63. The molecule has 144 valence electrons. The number of benzene rings is 1. The van der Waals surface area contributed by atoms with Gasteiger partial charge in [0.1, 0.15) is 0 Å². The van der Waals surface area contributed by atoms with Gasteiger partial charge in [0.05, 0.1) is 21.8 Å². The van der Waals surface area contributed by atoms with Crippen molar-refractivity contribution in [2.45, 2.75) is 6.42 Å². The molecule has 1 aliphatic rings. The average molecular weight is 396 g/mol. The lowest BCUT2D eigenvalue weighted by molar-refractivity contribution is 0.0746. The molecule has 1 fully saturated rings. The summed E-state index contributed by atoms with van der Waals surface area (Å²) in [6.07, 6.45) is 5.81. The maximum Gasteiger partial charge on any atom is 0.255 e. The van der Waals surface area contributed by atoms with Crippen LogP contribution in [0.5, 0.6) is 0 Å². The van der Waals surface area contributed by atoms with E-state index in [0.29, 0.717) is 30.2 Å². The van der Waals surface area contributed by atoms with Crippen LogP contribution in [0.25, 0.3) is 10.9 Å². The van der Waals surface area contributed by atoms with Gasteiger partial charge in [-0.3, -0.25) is 14.8 Å². The molecule has 0 radical (unpaired) electrons. The van der Waals surface area contributed by atoms with E-state index >= 15 is 0 Å². The third kappa shape index (κ3) is 3.53. The predicted octanol–water partition coefficient (Wildman–Crippen LogP) is 2.75. The standard InChI is InChI=1S/C21H22ClN5O/c22-18-13-15(5-6-23)20(19-17(18)4-2-8-25-19)26-9-11-27(12-10-26)21(28)16-3-1-7-24-14-16/h1-4,7-8,13-14H,5-6,9-12,23H2. The van der Waals surface area contributed by atoms with Gasteiger partial charge in [0, 0.05) is 50.2 Å². The number of rotatable bonds is 4. The molecule has 1 aromatic carbocycles. The predicted molar refractivity (Wildman–Crippen MR) is 112 cm³/mol. The van der Waals surface area contributed by atoms with Gasteiger partial charge in [-0.25, -0.2) is 0 Å². The first-order valence-electron chi connectivity index (χ1n) is 9.39. The van der Waals surface area contributed by atoms with Crippen molar-refractivity contribution < 1.29 is 4.79 Å². The van der Waals surface area contributed by atoms with E-state index in [2.05, 4.69) is 14.9 Å². The number of hydrogen-bond acceptors (Lipinski definition) is 5. The Morgan fingerprint density at radius 3 is 2.64 bits per heavy atom. The van der Waals surface area contributed by atoms with Crippen LogP contribution in [0.15, 0.2) is 48.9 Å². The zero-order valence-electron chi connectivity index (χ0n) is 15.5. The first-order chi connectivity index (χ1) is 13.7. The molecule has 1 amide bonds. The Hall–Kier alpha value is -2.70. The molecule has 1 aliphatic heterocycles. The number of amides is 1. The van der Waals surface area contributed by atoms with Crippen LogP contribution in [0, 0.1) is 0 Å². The molecule has 0 saturated carbocycles. The van der Waals surface area contributed by atoms with Gasteiger partial charge in [-0.1, -0.05) is 11.6 Å². The highest BCUT2D eigenvalue weighted by atomic mass is 35.5. The van der Waals surface area contributed by atoms with Gasteiger partial charge in [-0.15, -0.1) is 0 Å². The molecule has 0 spiro atoms. The monoisotopic (exact) mass is 395 g/mol. The quantitative estimate of drug-likeness (QED) is 0.735. The molecule has 1 saturated heterocycles. The van der Waals surface area contributed by atoms with Gasteiger partial charge < -0.3 is 15.5 Å². The highest BCUT2D eigenvalue weighted by Gasteiger charge is 2.25. The molecule has 0 unspecified atom stereocenters. The Morgan fingerprint density at radius 2 is 1.93 bits per heavy atom. The SMILES string of the molecule is NCCc1cc(Cl)c2cccnc2c1N1CCN(C(=O)c2cccnc2)CC1. The maximum atomic E-state index is 12.7. The van der Waals surface area contributed by atoms with Gasteiger partial charge in [0.25, 0.3) is 5.91 Å². The Morgan fingerprint density at radius 1 is 1.14 bits per heavy atom. The van der Waals surface area contributed by atoms with E-state index in [1.54, 1.807) is 30.7 Å². The lowest BCUT2D eigenvalue weighted by Gasteiger charge is -2.37. The number of piperazine rings is 1. The van der Waals surface area contributed by atoms with Gasteiger partial charge in [0.15, 0.2) is 0 Å². The first-order valence-corrected chi connectivity index (χ1v) is 9.77. The second-order valence-corrected chi connectivity index (χ2v) is 7.23. The number of nitrogens with zero attached hydrogens (tertiary/aromatic N) is 4. The number of carbonyl (C=O) groups excluding carboxylic acids is 1. The maximum absolute atomic E-state index is 12.7. The number of pyridine rings is 2. The molecule has 2 N–H and O–H groups in total. The van der Waals surface area contributed by atoms with Crippen LogP contribution in [0.1, 0.15) is 15.9 Å². The third-order valence-electron chi connectivity index (χ3n) is 5.10. The molecule has 3 aromatic rings. The van der Waals surface area contributed by atoms with Crippen molar-refractivity contribution in [3.8, 4) is 0 Å². The van der Waals surface area contributed by atoms with Gasteiger partial charge in [-0.2, -0.15) is 0 Å². The molecule has 2 aromatic heterocycles. The van der Waals surface area contributed by atoms with Crippen molar-refractivity contribution in [1.82, 2.24) is 14.9 Å². The fourth-order valence-corrected chi connectivity index (χ4v) is 4.03. The fourth-order valence-electron chi connectivity index (χ4n) is 3.74. The number of nitrogens with two attached hydrogens (primary N) is 1. The van der Waals surface area contributed by atoms with Crippen LogP contribution in [0.4, 0.5) is 5.69 Å². The minimum absolute atomic E-state index is 0.0222. The van der Waals surface area contributed by atoms with Crippen molar-refractivity contribution >= 4 is 34.1 Å². The normalized spacial score (nSPS) is 14.5. The summed E-state index contributed by atoms with van der Waals surface area (Å²) in [6, 6.07) is 9.47. The molecule has 0 aliphatic carbocycles. The largest absolute Gasteiger partial charge is 0.366 e. The molecular weight excluding hydrogens is 374 g/mol. The summed E-state index contributed by atoms with van der Waals surface area (Å²) in [5.74, 6) is 0.0222. The van der Waals surface area contributed by atoms with Crippen LogP contribution < -0.4 is 10.6 Å². The number of anilines is 1. The number of hydrogen-bond donors (Lipinski definition) is 1. The molecule has 3 heterocycles. The van der Waals surface area contributed by atoms with Gasteiger partial charge >= 0.3 is 0 Å². The topological polar surface area (TPSA) is 75.3 Å². The zero-order chi connectivity index (χ0) is 19.5. The Bertz CT molecular complexity index is 987. The van der Waals surface area contributed by atoms with Crippen molar-refractivity contribution in [2.75, 3.05) is 37.6 Å². The molecule has 0 bridgehead atoms. The smallest absolute Gasteiger partial charge is 0.255 e. The minimum Gasteiger partial charge on any atom is -0.366 e.